The highest BCUT2D eigenvalue weighted by Gasteiger charge is 2.70. The average Bonchev–Trinajstić information content (AvgIpc) is 3.65. The molecule has 1 aromatic rings. The SMILES string of the molecule is C=C(C)[C@@H]1CC[C@]2(CNCCCN3CCCC3=O)CC[C@]3(C)[C@H](CC[C@@H]4[C@@]5(C)CC=C(c6ccc(C(=O)O)cc6F)C(C)(C)[C@@H]5CC[C@]43C)[C@@H]12. The monoisotopic (exact) mass is 686 g/mol. The van der Waals surface area contributed by atoms with E-state index < -0.39 is 11.8 Å². The van der Waals surface area contributed by atoms with Crippen LogP contribution in [0.5, 0.6) is 0 Å². The Morgan fingerprint density at radius 2 is 1.80 bits per heavy atom. The molecule has 4 saturated carbocycles. The van der Waals surface area contributed by atoms with Gasteiger partial charge in [0, 0.05) is 31.6 Å². The van der Waals surface area contributed by atoms with Gasteiger partial charge in [-0.15, -0.1) is 0 Å². The number of benzene rings is 1. The molecule has 7 rings (SSSR count). The number of carboxylic acid groups (broad SMARTS) is 1. The molecule has 5 nitrogen and oxygen atoms in total. The third-order valence-electron chi connectivity index (χ3n) is 16.8. The van der Waals surface area contributed by atoms with Crippen LogP contribution in [0.1, 0.15) is 135 Å². The van der Waals surface area contributed by atoms with Crippen molar-refractivity contribution in [1.82, 2.24) is 10.2 Å². The van der Waals surface area contributed by atoms with Gasteiger partial charge in [-0.2, -0.15) is 0 Å². The second-order valence-corrected chi connectivity index (χ2v) is 19.1. The van der Waals surface area contributed by atoms with Gasteiger partial charge >= 0.3 is 5.97 Å². The predicted molar refractivity (Wildman–Crippen MR) is 199 cm³/mol. The van der Waals surface area contributed by atoms with Crippen molar-refractivity contribution in [2.75, 3.05) is 26.2 Å². The van der Waals surface area contributed by atoms with Crippen LogP contribution in [0.3, 0.4) is 0 Å². The molecule has 0 radical (unpaired) electrons. The molecule has 274 valence electrons. The maximum atomic E-state index is 15.5. The van der Waals surface area contributed by atoms with Crippen LogP contribution >= 0.6 is 0 Å². The van der Waals surface area contributed by atoms with Crippen molar-refractivity contribution in [3.05, 3.63) is 53.4 Å². The first-order valence-corrected chi connectivity index (χ1v) is 20.0. The molecule has 0 bridgehead atoms. The van der Waals surface area contributed by atoms with Crippen molar-refractivity contribution >= 4 is 17.4 Å². The van der Waals surface area contributed by atoms with Crippen LogP contribution in [-0.2, 0) is 4.79 Å². The molecule has 0 unspecified atom stereocenters. The summed E-state index contributed by atoms with van der Waals surface area (Å²) in [6.45, 7) is 23.4. The van der Waals surface area contributed by atoms with Crippen LogP contribution in [0.2, 0.25) is 0 Å². The van der Waals surface area contributed by atoms with Crippen molar-refractivity contribution in [3.63, 3.8) is 0 Å². The maximum absolute atomic E-state index is 15.5. The second kappa shape index (κ2) is 12.6. The summed E-state index contributed by atoms with van der Waals surface area (Å²) >= 11 is 0. The van der Waals surface area contributed by atoms with Crippen molar-refractivity contribution in [2.24, 2.45) is 56.7 Å². The Morgan fingerprint density at radius 1 is 1.02 bits per heavy atom. The first kappa shape index (κ1) is 35.9. The lowest BCUT2D eigenvalue weighted by atomic mass is 9.32. The van der Waals surface area contributed by atoms with Gasteiger partial charge in [-0.1, -0.05) is 58.9 Å². The number of halogens is 1. The number of fused-ring (bicyclic) bond motifs is 7. The van der Waals surface area contributed by atoms with Gasteiger partial charge in [-0.3, -0.25) is 4.79 Å². The van der Waals surface area contributed by atoms with Crippen molar-refractivity contribution < 1.29 is 19.1 Å². The number of carboxylic acids is 1. The summed E-state index contributed by atoms with van der Waals surface area (Å²) in [6.07, 6.45) is 16.1. The highest BCUT2D eigenvalue weighted by Crippen LogP contribution is 2.77. The van der Waals surface area contributed by atoms with Crippen LogP contribution in [0, 0.1) is 62.5 Å². The molecule has 1 aliphatic heterocycles. The van der Waals surface area contributed by atoms with E-state index in [1.165, 1.54) is 56.6 Å². The molecule has 0 spiro atoms. The molecule has 5 aliphatic carbocycles. The third-order valence-corrected chi connectivity index (χ3v) is 16.8. The fraction of sp³-hybridized carbons (Fsp3) is 0.727. The molecule has 1 amide bonds. The van der Waals surface area contributed by atoms with Crippen LogP contribution in [0.25, 0.3) is 5.57 Å². The topological polar surface area (TPSA) is 69.6 Å². The number of rotatable bonds is 9. The largest absolute Gasteiger partial charge is 0.478 e. The summed E-state index contributed by atoms with van der Waals surface area (Å²) in [7, 11) is 0. The van der Waals surface area contributed by atoms with E-state index in [9.17, 15) is 14.7 Å². The molecular formula is C44H63FN2O3. The summed E-state index contributed by atoms with van der Waals surface area (Å²) in [5, 5.41) is 13.4. The number of nitrogens with zero attached hydrogens (tertiary/aromatic N) is 1. The van der Waals surface area contributed by atoms with Gasteiger partial charge in [-0.05, 0) is 158 Å². The smallest absolute Gasteiger partial charge is 0.335 e. The number of allylic oxidation sites excluding steroid dienone is 3. The number of aromatic carboxylic acids is 1. The van der Waals surface area contributed by atoms with Crippen LogP contribution < -0.4 is 5.32 Å². The number of hydrogen-bond acceptors (Lipinski definition) is 3. The molecule has 5 fully saturated rings. The van der Waals surface area contributed by atoms with Crippen molar-refractivity contribution in [2.45, 2.75) is 119 Å². The van der Waals surface area contributed by atoms with E-state index in [1.807, 2.05) is 0 Å². The van der Waals surface area contributed by atoms with Gasteiger partial charge in [-0.25, -0.2) is 9.18 Å². The highest BCUT2D eigenvalue weighted by molar-refractivity contribution is 5.88. The summed E-state index contributed by atoms with van der Waals surface area (Å²) < 4.78 is 15.5. The van der Waals surface area contributed by atoms with E-state index >= 15 is 4.39 Å². The first-order valence-electron chi connectivity index (χ1n) is 20.0. The van der Waals surface area contributed by atoms with Crippen LogP contribution in [0.4, 0.5) is 4.39 Å². The van der Waals surface area contributed by atoms with Crippen molar-refractivity contribution in [1.29, 1.82) is 0 Å². The van der Waals surface area contributed by atoms with E-state index in [0.29, 0.717) is 46.5 Å². The number of nitrogens with one attached hydrogen (secondary N) is 1. The number of likely N-dealkylation sites (tertiary alicyclic amines) is 1. The van der Waals surface area contributed by atoms with Gasteiger partial charge in [0.2, 0.25) is 5.91 Å². The zero-order valence-electron chi connectivity index (χ0n) is 31.8. The van der Waals surface area contributed by atoms with Crippen LogP contribution in [0.15, 0.2) is 36.4 Å². The molecule has 0 aromatic heterocycles. The Labute approximate surface area is 300 Å². The molecular weight excluding hydrogens is 623 g/mol. The molecule has 6 heteroatoms. The highest BCUT2D eigenvalue weighted by atomic mass is 19.1. The van der Waals surface area contributed by atoms with Gasteiger partial charge in [0.15, 0.2) is 0 Å². The second-order valence-electron chi connectivity index (χ2n) is 19.1. The Hall–Kier alpha value is -2.47. The number of amides is 1. The average molecular weight is 687 g/mol. The van der Waals surface area contributed by atoms with Gasteiger partial charge in [0.25, 0.3) is 0 Å². The molecule has 50 heavy (non-hydrogen) atoms. The predicted octanol–water partition coefficient (Wildman–Crippen LogP) is 9.78. The summed E-state index contributed by atoms with van der Waals surface area (Å²) in [4.78, 5) is 25.7. The van der Waals surface area contributed by atoms with Gasteiger partial charge in [0.1, 0.15) is 5.82 Å². The maximum Gasteiger partial charge on any atom is 0.335 e. The number of carbonyl (C=O) groups is 2. The Balaban J connectivity index is 1.13. The van der Waals surface area contributed by atoms with E-state index in [2.05, 4.69) is 64.4 Å². The molecule has 6 aliphatic rings. The molecule has 1 aromatic carbocycles. The molecule has 2 N–H and O–H groups in total. The zero-order chi connectivity index (χ0) is 35.9. The quantitative estimate of drug-likeness (QED) is 0.201. The number of hydrogen-bond donors (Lipinski definition) is 2. The van der Waals surface area contributed by atoms with E-state index in [1.54, 1.807) is 12.1 Å². The van der Waals surface area contributed by atoms with E-state index in [-0.39, 0.29) is 27.2 Å². The summed E-state index contributed by atoms with van der Waals surface area (Å²) in [6, 6.07) is 4.45. The third kappa shape index (κ3) is 5.30. The van der Waals surface area contributed by atoms with Gasteiger partial charge < -0.3 is 15.3 Å². The number of carbonyl (C=O) groups excluding carboxylic acids is 1. The fourth-order valence-electron chi connectivity index (χ4n) is 14.2. The molecule has 1 saturated heterocycles. The Kier molecular flexibility index (Phi) is 9.04. The summed E-state index contributed by atoms with van der Waals surface area (Å²) in [5.74, 6) is 1.81. The standard InChI is InChI=1S/C44H63FN2O3/c1-28(2)30-15-20-44(27-46-23-9-25-47-24-8-10-37(47)48)22-21-42(6)33(38(30)44)13-14-36-41(5)18-16-32(31-12-11-29(39(49)50)26-34(31)45)40(3,4)35(41)17-19-43(36,42)7/h11-12,16,26,30,33,35-36,38,46H,1,8-10,13-15,17-25,27H2,2-7H3,(H,49,50)/t30-,33+,35-,36+,38+,41-,42+,43+,44+/m0/s1. The minimum atomic E-state index is -1.09. The van der Waals surface area contributed by atoms with Crippen LogP contribution in [-0.4, -0.2) is 48.1 Å². The first-order chi connectivity index (χ1) is 23.6. The molecule has 9 atom stereocenters. The minimum Gasteiger partial charge on any atom is -0.478 e. The van der Waals surface area contributed by atoms with Gasteiger partial charge in [0.05, 0.1) is 5.56 Å². The summed E-state index contributed by atoms with van der Waals surface area (Å²) in [5.41, 5.74) is 3.74. The van der Waals surface area contributed by atoms with Crippen molar-refractivity contribution in [3.8, 4) is 0 Å². The molecule has 1 heterocycles. The van der Waals surface area contributed by atoms with E-state index in [0.717, 1.165) is 63.9 Å². The Bertz CT molecular complexity index is 1580. The minimum absolute atomic E-state index is 0.00221. The fourth-order valence-corrected chi connectivity index (χ4v) is 14.2. The normalized spacial score (nSPS) is 40.4. The van der Waals surface area contributed by atoms with E-state index in [4.69, 9.17) is 0 Å². The lowest BCUT2D eigenvalue weighted by molar-refractivity contribution is -0.225. The lowest BCUT2D eigenvalue weighted by Gasteiger charge is -2.72. The zero-order valence-corrected chi connectivity index (χ0v) is 31.8. The Morgan fingerprint density at radius 3 is 2.48 bits per heavy atom. The lowest BCUT2D eigenvalue weighted by Crippen LogP contribution is -2.65.